The third-order valence-corrected chi connectivity index (χ3v) is 6.59. The molecule has 2 N–H and O–H groups in total. The number of nitriles is 1. The highest BCUT2D eigenvalue weighted by Crippen LogP contribution is 2.29. The Bertz CT molecular complexity index is 1300. The molecule has 0 bridgehead atoms. The first-order chi connectivity index (χ1) is 14.7. The zero-order valence-electron chi connectivity index (χ0n) is 17.4. The van der Waals surface area contributed by atoms with Crippen LogP contribution < -0.4 is 5.73 Å². The van der Waals surface area contributed by atoms with Crippen molar-refractivity contribution < 1.29 is 13.2 Å². The highest BCUT2D eigenvalue weighted by Gasteiger charge is 2.23. The van der Waals surface area contributed by atoms with Crippen molar-refractivity contribution >= 4 is 21.8 Å². The second kappa shape index (κ2) is 8.58. The van der Waals surface area contributed by atoms with Crippen LogP contribution >= 0.6 is 0 Å². The van der Waals surface area contributed by atoms with E-state index in [1.807, 2.05) is 37.5 Å². The van der Waals surface area contributed by atoms with E-state index >= 15 is 0 Å². The fourth-order valence-electron chi connectivity index (χ4n) is 3.23. The van der Waals surface area contributed by atoms with Crippen molar-refractivity contribution in [2.75, 3.05) is 0 Å². The number of carbonyl (C=O) groups excluding carboxylic acids is 1. The Labute approximate surface area is 181 Å². The van der Waals surface area contributed by atoms with Crippen LogP contribution in [0.1, 0.15) is 47.1 Å². The van der Waals surface area contributed by atoms with Gasteiger partial charge in [0.25, 0.3) is 0 Å². The Morgan fingerprint density at radius 3 is 2.39 bits per heavy atom. The Morgan fingerprint density at radius 2 is 1.87 bits per heavy atom. The minimum absolute atomic E-state index is 0.0627. The van der Waals surface area contributed by atoms with Gasteiger partial charge in [0.05, 0.1) is 10.5 Å². The number of primary amides is 1. The molecule has 0 saturated carbocycles. The van der Waals surface area contributed by atoms with Crippen molar-refractivity contribution in [1.82, 2.24) is 9.55 Å². The van der Waals surface area contributed by atoms with Gasteiger partial charge in [0.1, 0.15) is 16.8 Å². The number of aromatic nitrogens is 2. The van der Waals surface area contributed by atoms with Crippen LogP contribution in [-0.2, 0) is 9.84 Å². The zero-order chi connectivity index (χ0) is 22.8. The minimum atomic E-state index is -3.95. The smallest absolute Gasteiger partial charge is 0.250 e. The molecular weight excluding hydrogens is 412 g/mol. The summed E-state index contributed by atoms with van der Waals surface area (Å²) in [5, 5.41) is 9.60. The maximum absolute atomic E-state index is 12.9. The summed E-state index contributed by atoms with van der Waals surface area (Å²) in [5.41, 5.74) is 7.79. The molecule has 0 atom stereocenters. The Hall–Kier alpha value is -3.70. The number of rotatable bonds is 6. The van der Waals surface area contributed by atoms with E-state index < -0.39 is 15.7 Å². The fraction of sp³-hybridized carbons (Fsp3) is 0.174. The molecule has 0 aliphatic carbocycles. The number of nitrogens with zero attached hydrogens (tertiary/aromatic N) is 3. The summed E-state index contributed by atoms with van der Waals surface area (Å²) >= 11 is 0. The second-order valence-electron chi connectivity index (χ2n) is 7.31. The Balaban J connectivity index is 2.16. The summed E-state index contributed by atoms with van der Waals surface area (Å²) in [6.45, 7) is 5.83. The summed E-state index contributed by atoms with van der Waals surface area (Å²) in [5.74, 6) is 0.0887. The third kappa shape index (κ3) is 4.27. The minimum Gasteiger partial charge on any atom is -0.366 e. The molecule has 0 aliphatic heterocycles. The summed E-state index contributed by atoms with van der Waals surface area (Å²) in [7, 11) is -3.95. The van der Waals surface area contributed by atoms with E-state index in [1.165, 1.54) is 24.4 Å². The largest absolute Gasteiger partial charge is 0.366 e. The van der Waals surface area contributed by atoms with Gasteiger partial charge in [-0.05, 0) is 54.8 Å². The van der Waals surface area contributed by atoms with Gasteiger partial charge in [0.15, 0.2) is 0 Å². The first-order valence-corrected chi connectivity index (χ1v) is 11.1. The lowest BCUT2D eigenvalue weighted by molar-refractivity contribution is 0.1000. The lowest BCUT2D eigenvalue weighted by atomic mass is 10.1. The first-order valence-electron chi connectivity index (χ1n) is 9.57. The highest BCUT2D eigenvalue weighted by atomic mass is 32.2. The predicted molar refractivity (Wildman–Crippen MR) is 118 cm³/mol. The maximum atomic E-state index is 12.9. The van der Waals surface area contributed by atoms with Crippen LogP contribution in [0.3, 0.4) is 0 Å². The SMILES string of the molecule is Cc1c(/C=C(\C#N)S(=O)(=O)c2ccccc2)cc(C(C)C)n1-c1ccc(C(N)=O)cn1. The molecule has 0 unspecified atom stereocenters. The van der Waals surface area contributed by atoms with E-state index in [9.17, 15) is 18.5 Å². The zero-order valence-corrected chi connectivity index (χ0v) is 18.2. The number of hydrogen-bond acceptors (Lipinski definition) is 5. The van der Waals surface area contributed by atoms with Crippen LogP contribution in [0, 0.1) is 18.3 Å². The Kier molecular flexibility index (Phi) is 6.09. The molecular formula is C23H22N4O3S. The number of benzene rings is 1. The molecule has 0 aliphatic rings. The van der Waals surface area contributed by atoms with Crippen molar-refractivity contribution in [3.63, 3.8) is 0 Å². The van der Waals surface area contributed by atoms with Crippen molar-refractivity contribution in [3.05, 3.63) is 82.1 Å². The van der Waals surface area contributed by atoms with Gasteiger partial charge in [0.2, 0.25) is 15.7 Å². The molecule has 8 heteroatoms. The topological polar surface area (TPSA) is 119 Å². The van der Waals surface area contributed by atoms with Gasteiger partial charge >= 0.3 is 0 Å². The molecule has 158 valence electrons. The van der Waals surface area contributed by atoms with Gasteiger partial charge < -0.3 is 10.3 Å². The molecule has 2 aromatic heterocycles. The van der Waals surface area contributed by atoms with Crippen LogP contribution in [0.25, 0.3) is 11.9 Å². The van der Waals surface area contributed by atoms with E-state index in [-0.39, 0.29) is 15.7 Å². The van der Waals surface area contributed by atoms with Crippen LogP contribution in [0.15, 0.2) is 64.5 Å². The monoisotopic (exact) mass is 434 g/mol. The number of nitrogens with two attached hydrogens (primary N) is 1. The highest BCUT2D eigenvalue weighted by molar-refractivity contribution is 7.95. The molecule has 0 spiro atoms. The molecule has 1 amide bonds. The van der Waals surface area contributed by atoms with Gasteiger partial charge in [-0.3, -0.25) is 4.79 Å². The van der Waals surface area contributed by atoms with Crippen LogP contribution in [0.5, 0.6) is 0 Å². The third-order valence-electron chi connectivity index (χ3n) is 4.91. The molecule has 2 heterocycles. The van der Waals surface area contributed by atoms with Crippen LogP contribution in [0.4, 0.5) is 0 Å². The van der Waals surface area contributed by atoms with Crippen molar-refractivity contribution in [1.29, 1.82) is 5.26 Å². The molecule has 0 radical (unpaired) electrons. The number of pyridine rings is 1. The molecule has 0 saturated heterocycles. The van der Waals surface area contributed by atoms with Crippen LogP contribution in [-0.4, -0.2) is 23.9 Å². The molecule has 0 fully saturated rings. The quantitative estimate of drug-likeness (QED) is 0.593. The molecule has 7 nitrogen and oxygen atoms in total. The van der Waals surface area contributed by atoms with Gasteiger partial charge in [-0.15, -0.1) is 0 Å². The number of sulfone groups is 1. The van der Waals surface area contributed by atoms with Gasteiger partial charge in [-0.2, -0.15) is 5.26 Å². The van der Waals surface area contributed by atoms with Gasteiger partial charge in [-0.1, -0.05) is 32.0 Å². The van der Waals surface area contributed by atoms with E-state index in [0.29, 0.717) is 16.9 Å². The number of hydrogen-bond donors (Lipinski definition) is 1. The van der Waals surface area contributed by atoms with Crippen molar-refractivity contribution in [3.8, 4) is 11.9 Å². The van der Waals surface area contributed by atoms with Gasteiger partial charge in [0, 0.05) is 17.6 Å². The summed E-state index contributed by atoms with van der Waals surface area (Å²) in [6, 6.07) is 14.8. The first kappa shape index (κ1) is 22.0. The number of amides is 1. The summed E-state index contributed by atoms with van der Waals surface area (Å²) < 4.78 is 27.7. The summed E-state index contributed by atoms with van der Waals surface area (Å²) in [4.78, 5) is 15.4. The lowest BCUT2D eigenvalue weighted by Gasteiger charge is -2.13. The van der Waals surface area contributed by atoms with E-state index in [2.05, 4.69) is 4.98 Å². The molecule has 3 rings (SSSR count). The fourth-order valence-corrected chi connectivity index (χ4v) is 4.40. The van der Waals surface area contributed by atoms with E-state index in [0.717, 1.165) is 11.4 Å². The Morgan fingerprint density at radius 1 is 1.19 bits per heavy atom. The second-order valence-corrected chi connectivity index (χ2v) is 9.22. The molecule has 1 aromatic carbocycles. The van der Waals surface area contributed by atoms with Crippen LogP contribution in [0.2, 0.25) is 0 Å². The van der Waals surface area contributed by atoms with E-state index in [1.54, 1.807) is 30.3 Å². The van der Waals surface area contributed by atoms with Crippen molar-refractivity contribution in [2.24, 2.45) is 5.73 Å². The van der Waals surface area contributed by atoms with E-state index in [4.69, 9.17) is 5.73 Å². The number of carbonyl (C=O) groups is 1. The molecule has 31 heavy (non-hydrogen) atoms. The lowest BCUT2D eigenvalue weighted by Crippen LogP contribution is -2.12. The maximum Gasteiger partial charge on any atom is 0.250 e. The van der Waals surface area contributed by atoms with Gasteiger partial charge in [-0.25, -0.2) is 13.4 Å². The normalized spacial score (nSPS) is 12.0. The standard InChI is InChI=1S/C23H22N4O3S/c1-15(2)21-12-18(11-20(13-24)31(29,30)19-7-5-4-6-8-19)16(3)27(21)22-10-9-17(14-26-22)23(25)28/h4-12,14-15H,1-3H3,(H2,25,28)/b20-11+. The predicted octanol–water partition coefficient (Wildman–Crippen LogP) is 3.74. The van der Waals surface area contributed by atoms with Crippen molar-refractivity contribution in [2.45, 2.75) is 31.6 Å². The molecule has 3 aromatic rings. The average molecular weight is 435 g/mol. The number of allylic oxidation sites excluding steroid dienone is 1. The summed E-state index contributed by atoms with van der Waals surface area (Å²) in [6.07, 6.45) is 2.79. The average Bonchev–Trinajstić information content (AvgIpc) is 3.08.